The van der Waals surface area contributed by atoms with E-state index in [1.807, 2.05) is 0 Å². The Morgan fingerprint density at radius 3 is 2.35 bits per heavy atom. The van der Waals surface area contributed by atoms with Crippen LogP contribution in [0.25, 0.3) is 10.4 Å². The lowest BCUT2D eigenvalue weighted by molar-refractivity contribution is -0.181. The van der Waals surface area contributed by atoms with E-state index in [4.69, 9.17) is 15.0 Å². The van der Waals surface area contributed by atoms with Crippen LogP contribution in [-0.2, 0) is 24.9 Å². The minimum absolute atomic E-state index is 0.0882. The first-order chi connectivity index (χ1) is 9.41. The summed E-state index contributed by atoms with van der Waals surface area (Å²) in [5.74, 6) is 0. The van der Waals surface area contributed by atoms with Gasteiger partial charge >= 0.3 is 0 Å². The molecule has 1 aromatic carbocycles. The fourth-order valence-corrected chi connectivity index (χ4v) is 4.07. The molecule has 0 spiro atoms. The van der Waals surface area contributed by atoms with E-state index in [-0.39, 0.29) is 4.90 Å². The van der Waals surface area contributed by atoms with Crippen molar-refractivity contribution in [3.8, 4) is 0 Å². The zero-order chi connectivity index (χ0) is 15.2. The molecule has 0 fully saturated rings. The number of benzene rings is 1. The van der Waals surface area contributed by atoms with Crippen molar-refractivity contribution in [1.82, 2.24) is 0 Å². The Bertz CT molecular complexity index is 608. The van der Waals surface area contributed by atoms with E-state index in [9.17, 15) is 8.42 Å². The second-order valence-corrected chi connectivity index (χ2v) is 6.82. The average Bonchev–Trinajstić information content (AvgIpc) is 2.39. The number of ether oxygens (including phenoxy) is 2. The van der Waals surface area contributed by atoms with Gasteiger partial charge in [-0.05, 0) is 25.4 Å². The van der Waals surface area contributed by atoms with Crippen molar-refractivity contribution in [3.05, 3.63) is 40.3 Å². The van der Waals surface area contributed by atoms with Gasteiger partial charge < -0.3 is 9.47 Å². The smallest absolute Gasteiger partial charge is 0.264 e. The summed E-state index contributed by atoms with van der Waals surface area (Å²) in [6.45, 7) is 4.35. The summed E-state index contributed by atoms with van der Waals surface area (Å²) >= 11 is 0. The lowest BCUT2D eigenvalue weighted by atomic mass is 10.2. The zero-order valence-corrected chi connectivity index (χ0v) is 14.4. The second kappa shape index (κ2) is 6.87. The lowest BCUT2D eigenvalue weighted by Gasteiger charge is -2.31. The van der Waals surface area contributed by atoms with Crippen molar-refractivity contribution in [2.24, 2.45) is 4.52 Å². The minimum atomic E-state index is -4.09. The molecular formula is C11H17N3O4SSi. The largest absolute Gasteiger partial charge is 0.351 e. The third-order valence-electron chi connectivity index (χ3n) is 2.64. The highest BCUT2D eigenvalue weighted by Crippen LogP contribution is 2.30. The van der Waals surface area contributed by atoms with E-state index in [1.165, 1.54) is 6.07 Å². The van der Waals surface area contributed by atoms with E-state index in [1.54, 1.807) is 32.0 Å². The van der Waals surface area contributed by atoms with Crippen molar-refractivity contribution in [1.29, 1.82) is 0 Å². The number of rotatable bonds is 7. The van der Waals surface area contributed by atoms with Crippen molar-refractivity contribution in [2.45, 2.75) is 24.2 Å². The molecule has 0 aliphatic heterocycles. The highest BCUT2D eigenvalue weighted by Gasteiger charge is 2.33. The molecule has 0 amide bonds. The molecule has 0 aromatic heterocycles. The molecule has 0 atom stereocenters. The maximum atomic E-state index is 12.0. The molecule has 9 heteroatoms. The molecule has 7 nitrogen and oxygen atoms in total. The Kier molecular flexibility index (Phi) is 5.72. The van der Waals surface area contributed by atoms with Crippen LogP contribution in [0, 0.1) is 0 Å². The summed E-state index contributed by atoms with van der Waals surface area (Å²) in [7, 11) is -3.67. The number of sulfonamides is 1. The molecule has 0 N–H and O–H groups in total. The summed E-state index contributed by atoms with van der Waals surface area (Å²) < 4.78 is 38.1. The zero-order valence-electron chi connectivity index (χ0n) is 11.6. The first-order valence-electron chi connectivity index (χ1n) is 6.10. The first kappa shape index (κ1) is 16.7. The molecule has 20 heavy (non-hydrogen) atoms. The van der Waals surface area contributed by atoms with Crippen LogP contribution >= 0.6 is 0 Å². The third kappa shape index (κ3) is 3.59. The van der Waals surface area contributed by atoms with Gasteiger partial charge in [0, 0.05) is 28.2 Å². The van der Waals surface area contributed by atoms with Gasteiger partial charge in [0.25, 0.3) is 10.0 Å². The van der Waals surface area contributed by atoms with Crippen molar-refractivity contribution < 1.29 is 17.9 Å². The van der Waals surface area contributed by atoms with Crippen LogP contribution < -0.4 is 0 Å². The fourth-order valence-electron chi connectivity index (χ4n) is 1.91. The summed E-state index contributed by atoms with van der Waals surface area (Å²) in [4.78, 5) is 2.28. The SMILES string of the molecule is CCOC([SiH3])(OCC)c1ccccc1S(=O)(=O)N=[N+]=[N-]. The molecule has 0 aliphatic carbocycles. The predicted molar refractivity (Wildman–Crippen MR) is 77.6 cm³/mol. The second-order valence-electron chi connectivity index (χ2n) is 3.95. The van der Waals surface area contributed by atoms with Gasteiger partial charge in [0.15, 0.2) is 5.41 Å². The molecule has 0 saturated carbocycles. The van der Waals surface area contributed by atoms with Gasteiger partial charge in [-0.25, -0.2) is 8.42 Å². The maximum Gasteiger partial charge on any atom is 0.264 e. The summed E-state index contributed by atoms with van der Waals surface area (Å²) in [5.41, 5.74) is 7.67. The van der Waals surface area contributed by atoms with E-state index in [0.29, 0.717) is 29.0 Å². The van der Waals surface area contributed by atoms with Gasteiger partial charge in [0.1, 0.15) is 0 Å². The highest BCUT2D eigenvalue weighted by atomic mass is 32.2. The normalized spacial score (nSPS) is 12.1. The van der Waals surface area contributed by atoms with Crippen molar-refractivity contribution in [2.75, 3.05) is 13.2 Å². The Morgan fingerprint density at radius 2 is 1.85 bits per heavy atom. The molecule has 0 unspecified atom stereocenters. The van der Waals surface area contributed by atoms with Crippen LogP contribution in [0.4, 0.5) is 0 Å². The monoisotopic (exact) mass is 315 g/mol. The quantitative estimate of drug-likeness (QED) is 0.248. The van der Waals surface area contributed by atoms with Crippen LogP contribution in [-0.4, -0.2) is 31.9 Å². The Hall–Kier alpha value is -1.38. The molecule has 0 radical (unpaired) electrons. The van der Waals surface area contributed by atoms with Crippen molar-refractivity contribution >= 4 is 20.3 Å². The number of azide groups is 1. The van der Waals surface area contributed by atoms with E-state index < -0.39 is 15.4 Å². The van der Waals surface area contributed by atoms with Gasteiger partial charge in [-0.1, -0.05) is 18.2 Å². The molecule has 1 aromatic rings. The number of hydrogen-bond donors (Lipinski definition) is 0. The van der Waals surface area contributed by atoms with Crippen LogP contribution in [0.2, 0.25) is 0 Å². The van der Waals surface area contributed by atoms with Gasteiger partial charge in [-0.2, -0.15) is 0 Å². The van der Waals surface area contributed by atoms with Crippen LogP contribution in [0.15, 0.2) is 33.7 Å². The van der Waals surface area contributed by atoms with E-state index >= 15 is 0 Å². The predicted octanol–water partition coefficient (Wildman–Crippen LogP) is 1.23. The Balaban J connectivity index is 3.49. The minimum Gasteiger partial charge on any atom is -0.351 e. The topological polar surface area (TPSA) is 101 Å². The summed E-state index contributed by atoms with van der Waals surface area (Å²) in [6, 6.07) is 6.24. The van der Waals surface area contributed by atoms with Gasteiger partial charge in [-0.3, -0.25) is 0 Å². The maximum absolute atomic E-state index is 12.0. The molecule has 110 valence electrons. The molecule has 0 saturated heterocycles. The molecular weight excluding hydrogens is 298 g/mol. The fraction of sp³-hybridized carbons (Fsp3) is 0.455. The van der Waals surface area contributed by atoms with Crippen LogP contribution in [0.3, 0.4) is 0 Å². The van der Waals surface area contributed by atoms with Gasteiger partial charge in [0.05, 0.1) is 15.1 Å². The third-order valence-corrected chi connectivity index (χ3v) is 4.95. The summed E-state index contributed by atoms with van der Waals surface area (Å²) in [6.07, 6.45) is 0. The van der Waals surface area contributed by atoms with Crippen LogP contribution in [0.5, 0.6) is 0 Å². The molecule has 0 bridgehead atoms. The Morgan fingerprint density at radius 1 is 1.30 bits per heavy atom. The number of hydrogen-bond acceptors (Lipinski definition) is 4. The van der Waals surface area contributed by atoms with Gasteiger partial charge in [-0.15, -0.1) is 0 Å². The average molecular weight is 315 g/mol. The Labute approximate surface area is 121 Å². The van der Waals surface area contributed by atoms with Crippen LogP contribution in [0.1, 0.15) is 19.4 Å². The lowest BCUT2D eigenvalue weighted by Crippen LogP contribution is -2.35. The molecule has 0 aliphatic rings. The first-order valence-corrected chi connectivity index (χ1v) is 8.54. The van der Waals surface area contributed by atoms with Crippen molar-refractivity contribution in [3.63, 3.8) is 0 Å². The van der Waals surface area contributed by atoms with Gasteiger partial charge in [0.2, 0.25) is 0 Å². The van der Waals surface area contributed by atoms with E-state index in [0.717, 1.165) is 0 Å². The summed E-state index contributed by atoms with van der Waals surface area (Å²) in [5, 5.41) is 0. The standard InChI is InChI=1S/C11H17N3O4SSi/c1-3-17-11(20,18-4-2)9-7-5-6-8-10(9)19(15,16)14-13-12/h5-8H,3-4H2,1-2,20H3. The molecule has 0 heterocycles. The highest BCUT2D eigenvalue weighted by molar-refractivity contribution is 7.90. The van der Waals surface area contributed by atoms with E-state index in [2.05, 4.69) is 9.43 Å². The molecule has 1 rings (SSSR count). The number of nitrogens with zero attached hydrogens (tertiary/aromatic N) is 3.